The van der Waals surface area contributed by atoms with Gasteiger partial charge in [-0.15, -0.1) is 0 Å². The molecule has 1 saturated carbocycles. The Morgan fingerprint density at radius 1 is 1.05 bits per heavy atom. The highest BCUT2D eigenvalue weighted by Gasteiger charge is 2.29. The van der Waals surface area contributed by atoms with E-state index in [1.165, 1.54) is 12.1 Å². The molecular formula is C31H36FN5O2S. The number of hydrogen-bond acceptors (Lipinski definition) is 6. The van der Waals surface area contributed by atoms with Gasteiger partial charge in [0.25, 0.3) is 0 Å². The van der Waals surface area contributed by atoms with Crippen molar-refractivity contribution >= 4 is 30.1 Å². The number of anilines is 1. The third kappa shape index (κ3) is 5.86. The van der Waals surface area contributed by atoms with Crippen LogP contribution in [0.3, 0.4) is 0 Å². The van der Waals surface area contributed by atoms with Crippen molar-refractivity contribution < 1.29 is 9.50 Å². The van der Waals surface area contributed by atoms with Gasteiger partial charge in [-0.2, -0.15) is 13.5 Å². The zero-order valence-corrected chi connectivity index (χ0v) is 24.0. The van der Waals surface area contributed by atoms with Crippen LogP contribution in [0.15, 0.2) is 59.8 Å². The van der Waals surface area contributed by atoms with Gasteiger partial charge in [-0.25, -0.2) is 4.39 Å². The molecule has 4 aromatic rings. The van der Waals surface area contributed by atoms with Gasteiger partial charge in [0.15, 0.2) is 17.0 Å². The van der Waals surface area contributed by atoms with Gasteiger partial charge in [0.05, 0.1) is 17.4 Å². The zero-order valence-electron chi connectivity index (χ0n) is 23.0. The molecule has 0 radical (unpaired) electrons. The van der Waals surface area contributed by atoms with Crippen LogP contribution in [0.5, 0.6) is 5.75 Å². The normalized spacial score (nSPS) is 17.3. The molecule has 0 unspecified atom stereocenters. The minimum atomic E-state index is -0.766. The number of phenols is 1. The molecule has 40 heavy (non-hydrogen) atoms. The number of pyridine rings is 3. The van der Waals surface area contributed by atoms with E-state index < -0.39 is 11.6 Å². The van der Waals surface area contributed by atoms with Crippen LogP contribution in [0.4, 0.5) is 10.1 Å². The number of phenolic OH excluding ortho intramolecular Hbond substituents is 1. The van der Waals surface area contributed by atoms with Gasteiger partial charge in [0.1, 0.15) is 0 Å². The molecule has 0 spiro atoms. The van der Waals surface area contributed by atoms with Crippen LogP contribution < -0.4 is 10.3 Å². The second-order valence-corrected chi connectivity index (χ2v) is 11.1. The van der Waals surface area contributed by atoms with Crippen molar-refractivity contribution in [2.24, 2.45) is 0 Å². The standard InChI is InChI=1S/C31H34FN5O2.H2S/c1-20-5-6-25(15-34-20)35-11-3-4-26(19-35)36(16-22-9-10-33-21(2)12-22)17-23-18-37(24-7-8-24)29-14-30(38)28(32)13-27(29)31(23)39;/h5-6,9-10,12-15,18,24,26,38H,3-4,7-8,11,16-17,19H2,1-2H3;1H2/t26-;/m0./s1. The predicted octanol–water partition coefficient (Wildman–Crippen LogP) is 5.37. The Morgan fingerprint density at radius 3 is 2.60 bits per heavy atom. The van der Waals surface area contributed by atoms with Gasteiger partial charge < -0.3 is 14.6 Å². The topological polar surface area (TPSA) is 74.5 Å². The molecule has 1 aliphatic heterocycles. The van der Waals surface area contributed by atoms with Gasteiger partial charge in [-0.3, -0.25) is 19.7 Å². The van der Waals surface area contributed by atoms with E-state index in [0.29, 0.717) is 29.6 Å². The Labute approximate surface area is 240 Å². The highest BCUT2D eigenvalue weighted by Crippen LogP contribution is 2.38. The number of aryl methyl sites for hydroxylation is 2. The molecule has 0 bridgehead atoms. The molecule has 6 rings (SSSR count). The average Bonchev–Trinajstić information content (AvgIpc) is 3.77. The van der Waals surface area contributed by atoms with Crippen molar-refractivity contribution in [3.8, 4) is 5.75 Å². The van der Waals surface area contributed by atoms with Crippen LogP contribution in [-0.4, -0.2) is 43.7 Å². The number of hydrogen-bond donors (Lipinski definition) is 1. The van der Waals surface area contributed by atoms with Crippen molar-refractivity contribution in [1.29, 1.82) is 0 Å². The van der Waals surface area contributed by atoms with E-state index in [4.69, 9.17) is 0 Å². The quantitative estimate of drug-likeness (QED) is 0.327. The predicted molar refractivity (Wildman–Crippen MR) is 161 cm³/mol. The molecule has 4 heterocycles. The summed E-state index contributed by atoms with van der Waals surface area (Å²) in [5.74, 6) is -1.19. The van der Waals surface area contributed by atoms with Crippen LogP contribution in [0.1, 0.15) is 54.2 Å². The number of aromatic hydroxyl groups is 1. The Balaban J connectivity index is 0.00000323. The number of nitrogens with zero attached hydrogens (tertiary/aromatic N) is 5. The summed E-state index contributed by atoms with van der Waals surface area (Å²) >= 11 is 0. The van der Waals surface area contributed by atoms with Crippen molar-refractivity contribution in [3.63, 3.8) is 0 Å². The van der Waals surface area contributed by atoms with Gasteiger partial charge in [0, 0.05) is 79.1 Å². The summed E-state index contributed by atoms with van der Waals surface area (Å²) in [5, 5.41) is 10.4. The molecule has 3 aromatic heterocycles. The summed E-state index contributed by atoms with van der Waals surface area (Å²) in [6.07, 6.45) is 9.80. The molecule has 0 amide bonds. The SMILES string of the molecule is Cc1ccc(N2CCC[C@H](N(Cc3ccnc(C)c3)Cc3cn(C4CC4)c4cc(O)c(F)cc4c3=O)C2)cn1.S. The lowest BCUT2D eigenvalue weighted by atomic mass is 10.0. The summed E-state index contributed by atoms with van der Waals surface area (Å²) in [6.45, 7) is 6.92. The molecule has 9 heteroatoms. The fraction of sp³-hybridized carbons (Fsp3) is 0.387. The second kappa shape index (κ2) is 11.6. The highest BCUT2D eigenvalue weighted by atomic mass is 32.1. The molecule has 1 N–H and O–H groups in total. The first-order valence-electron chi connectivity index (χ1n) is 13.7. The van der Waals surface area contributed by atoms with Crippen molar-refractivity contribution in [2.75, 3.05) is 18.0 Å². The maximum Gasteiger partial charge on any atom is 0.193 e. The number of piperidine rings is 1. The molecule has 1 aliphatic carbocycles. The third-order valence-electron chi connectivity index (χ3n) is 8.01. The lowest BCUT2D eigenvalue weighted by molar-refractivity contribution is 0.158. The largest absolute Gasteiger partial charge is 0.505 e. The fourth-order valence-electron chi connectivity index (χ4n) is 5.79. The fourth-order valence-corrected chi connectivity index (χ4v) is 5.79. The van der Waals surface area contributed by atoms with Crippen LogP contribution in [0, 0.1) is 19.7 Å². The maximum atomic E-state index is 14.4. The number of benzene rings is 1. The summed E-state index contributed by atoms with van der Waals surface area (Å²) in [4.78, 5) is 27.3. The smallest absolute Gasteiger partial charge is 0.193 e. The Kier molecular flexibility index (Phi) is 8.14. The van der Waals surface area contributed by atoms with E-state index in [9.17, 15) is 14.3 Å². The van der Waals surface area contributed by atoms with E-state index in [-0.39, 0.29) is 31.0 Å². The van der Waals surface area contributed by atoms with Crippen LogP contribution in [-0.2, 0) is 13.1 Å². The molecule has 7 nitrogen and oxygen atoms in total. The van der Waals surface area contributed by atoms with Gasteiger partial charge in [-0.05, 0) is 75.4 Å². The Bertz CT molecular complexity index is 1570. The summed E-state index contributed by atoms with van der Waals surface area (Å²) in [5.41, 5.74) is 5.29. The zero-order chi connectivity index (χ0) is 27.1. The summed E-state index contributed by atoms with van der Waals surface area (Å²) in [6, 6.07) is 11.4. The monoisotopic (exact) mass is 561 g/mol. The molecule has 210 valence electrons. The first kappa shape index (κ1) is 28.1. The third-order valence-corrected chi connectivity index (χ3v) is 8.01. The van der Waals surface area contributed by atoms with E-state index in [1.807, 2.05) is 44.6 Å². The van der Waals surface area contributed by atoms with Crippen LogP contribution >= 0.6 is 13.5 Å². The van der Waals surface area contributed by atoms with Crippen molar-refractivity contribution in [3.05, 3.63) is 93.5 Å². The van der Waals surface area contributed by atoms with Crippen LogP contribution in [0.25, 0.3) is 10.9 Å². The minimum absolute atomic E-state index is 0. The summed E-state index contributed by atoms with van der Waals surface area (Å²) in [7, 11) is 0. The molecule has 1 atom stereocenters. The van der Waals surface area contributed by atoms with E-state index in [2.05, 4.69) is 36.5 Å². The highest BCUT2D eigenvalue weighted by molar-refractivity contribution is 7.59. The molecule has 1 saturated heterocycles. The van der Waals surface area contributed by atoms with Gasteiger partial charge in [0.2, 0.25) is 0 Å². The van der Waals surface area contributed by atoms with E-state index in [0.717, 1.165) is 61.4 Å². The Hall–Kier alpha value is -3.43. The molecule has 2 fully saturated rings. The summed E-state index contributed by atoms with van der Waals surface area (Å²) < 4.78 is 16.5. The Morgan fingerprint density at radius 2 is 1.88 bits per heavy atom. The number of aromatic nitrogens is 3. The lowest BCUT2D eigenvalue weighted by Crippen LogP contribution is -2.48. The maximum absolute atomic E-state index is 14.4. The van der Waals surface area contributed by atoms with Crippen LogP contribution in [0.2, 0.25) is 0 Å². The van der Waals surface area contributed by atoms with Gasteiger partial charge in [-0.1, -0.05) is 0 Å². The van der Waals surface area contributed by atoms with Crippen molar-refractivity contribution in [1.82, 2.24) is 19.4 Å². The van der Waals surface area contributed by atoms with E-state index in [1.54, 1.807) is 0 Å². The minimum Gasteiger partial charge on any atom is -0.505 e. The first-order chi connectivity index (χ1) is 18.9. The number of fused-ring (bicyclic) bond motifs is 1. The number of halogens is 1. The number of rotatable bonds is 7. The first-order valence-corrected chi connectivity index (χ1v) is 13.7. The molecule has 2 aliphatic rings. The van der Waals surface area contributed by atoms with Crippen molar-refractivity contribution in [2.45, 2.75) is 64.7 Å². The second-order valence-electron chi connectivity index (χ2n) is 11.1. The average molecular weight is 562 g/mol. The van der Waals surface area contributed by atoms with Gasteiger partial charge >= 0.3 is 0 Å². The van der Waals surface area contributed by atoms with E-state index >= 15 is 0 Å². The lowest BCUT2D eigenvalue weighted by Gasteiger charge is -2.40. The molecule has 1 aromatic carbocycles. The molecular weight excluding hydrogens is 525 g/mol.